The van der Waals surface area contributed by atoms with Crippen molar-refractivity contribution in [3.8, 4) is 0 Å². The van der Waals surface area contributed by atoms with Crippen LogP contribution < -0.4 is 11.1 Å². The average Bonchev–Trinajstić information content (AvgIpc) is 2.99. The second kappa shape index (κ2) is 6.04. The van der Waals surface area contributed by atoms with Crippen LogP contribution in [0.4, 0.5) is 10.8 Å². The number of hydrogen-bond acceptors (Lipinski definition) is 8. The number of aromatic nitrogens is 2. The van der Waals surface area contributed by atoms with Gasteiger partial charge in [0.2, 0.25) is 10.0 Å². The van der Waals surface area contributed by atoms with Crippen molar-refractivity contribution in [3.63, 3.8) is 0 Å². The molecule has 0 unspecified atom stereocenters. The number of nitrogen functional groups attached to an aromatic ring is 1. The molecule has 0 saturated heterocycles. The van der Waals surface area contributed by atoms with Gasteiger partial charge < -0.3 is 11.1 Å². The van der Waals surface area contributed by atoms with E-state index in [-0.39, 0.29) is 10.7 Å². The summed E-state index contributed by atoms with van der Waals surface area (Å²) in [5, 5.41) is 5.49. The van der Waals surface area contributed by atoms with Gasteiger partial charge in [0, 0.05) is 32.4 Å². The van der Waals surface area contributed by atoms with E-state index in [1.54, 1.807) is 5.51 Å². The second-order valence-electron chi connectivity index (χ2n) is 4.17. The van der Waals surface area contributed by atoms with Gasteiger partial charge >= 0.3 is 0 Å². The molecule has 20 heavy (non-hydrogen) atoms. The molecule has 0 aliphatic rings. The Balaban J connectivity index is 2.13. The second-order valence-corrected chi connectivity index (χ2v) is 7.75. The quantitative estimate of drug-likeness (QED) is 0.820. The first-order chi connectivity index (χ1) is 9.43. The van der Waals surface area contributed by atoms with E-state index in [4.69, 9.17) is 5.73 Å². The fourth-order valence-electron chi connectivity index (χ4n) is 1.50. The number of nitrogens with one attached hydrogen (secondary N) is 1. The van der Waals surface area contributed by atoms with Crippen LogP contribution in [0.2, 0.25) is 0 Å². The van der Waals surface area contributed by atoms with E-state index in [9.17, 15) is 8.42 Å². The van der Waals surface area contributed by atoms with E-state index in [1.165, 1.54) is 25.4 Å². The van der Waals surface area contributed by atoms with Crippen LogP contribution in [0.3, 0.4) is 0 Å². The summed E-state index contributed by atoms with van der Waals surface area (Å²) in [6.07, 6.45) is 0.711. The summed E-state index contributed by atoms with van der Waals surface area (Å²) >= 11 is 2.58. The molecule has 0 aliphatic carbocycles. The maximum absolute atomic E-state index is 12.2. The van der Waals surface area contributed by atoms with E-state index in [0.717, 1.165) is 21.5 Å². The van der Waals surface area contributed by atoms with Gasteiger partial charge in [0.05, 0.1) is 11.2 Å². The lowest BCUT2D eigenvalue weighted by Crippen LogP contribution is -2.23. The number of anilines is 2. The Labute approximate surface area is 125 Å². The zero-order valence-corrected chi connectivity index (χ0v) is 13.5. The minimum absolute atomic E-state index is 0.0276. The normalized spacial score (nSPS) is 11.9. The molecule has 0 amide bonds. The van der Waals surface area contributed by atoms with Gasteiger partial charge in [-0.1, -0.05) is 0 Å². The minimum Gasteiger partial charge on any atom is -0.382 e. The first kappa shape index (κ1) is 15.2. The average molecular weight is 333 g/mol. The molecule has 0 aromatic carbocycles. The first-order valence-corrected chi connectivity index (χ1v) is 8.87. The smallest absolute Gasteiger partial charge is 0.249 e. The molecule has 0 bridgehead atoms. The molecule has 2 heterocycles. The minimum atomic E-state index is -3.60. The van der Waals surface area contributed by atoms with Crippen LogP contribution >= 0.6 is 22.9 Å². The van der Waals surface area contributed by atoms with Crippen LogP contribution in [-0.2, 0) is 16.4 Å². The Bertz CT molecular complexity index is 663. The van der Waals surface area contributed by atoms with Crippen LogP contribution in [0.5, 0.6) is 0 Å². The number of rotatable bonds is 6. The third-order valence-corrected chi connectivity index (χ3v) is 6.04. The highest BCUT2D eigenvalue weighted by Crippen LogP contribution is 2.32. The summed E-state index contributed by atoms with van der Waals surface area (Å²) in [5.74, 6) is 0.0276. The number of nitrogens with two attached hydrogens (primary N) is 1. The molecule has 2 aromatic rings. The predicted molar refractivity (Wildman–Crippen MR) is 81.7 cm³/mol. The van der Waals surface area contributed by atoms with Crippen LogP contribution in [0, 0.1) is 0 Å². The van der Waals surface area contributed by atoms with Gasteiger partial charge in [0.15, 0.2) is 10.7 Å². The van der Waals surface area contributed by atoms with E-state index in [0.29, 0.717) is 18.0 Å². The van der Waals surface area contributed by atoms with Gasteiger partial charge in [-0.25, -0.2) is 17.7 Å². The molecule has 0 atom stereocenters. The predicted octanol–water partition coefficient (Wildman–Crippen LogP) is 1.09. The molecule has 0 spiro atoms. The van der Waals surface area contributed by atoms with E-state index in [2.05, 4.69) is 14.7 Å². The molecule has 0 saturated carbocycles. The van der Waals surface area contributed by atoms with Crippen molar-refractivity contribution >= 4 is 43.7 Å². The summed E-state index contributed by atoms with van der Waals surface area (Å²) in [7, 11) is -0.671. The Hall–Kier alpha value is -1.23. The van der Waals surface area contributed by atoms with Crippen molar-refractivity contribution in [1.29, 1.82) is 0 Å². The van der Waals surface area contributed by atoms with Crippen molar-refractivity contribution in [3.05, 3.63) is 16.6 Å². The van der Waals surface area contributed by atoms with Gasteiger partial charge in [-0.3, -0.25) is 0 Å². The van der Waals surface area contributed by atoms with Gasteiger partial charge in [-0.05, 0) is 11.5 Å². The molecule has 3 N–H and O–H groups in total. The number of sulfonamides is 1. The third-order valence-electron chi connectivity index (χ3n) is 2.56. The van der Waals surface area contributed by atoms with Crippen molar-refractivity contribution in [2.75, 3.05) is 31.7 Å². The van der Waals surface area contributed by atoms with Gasteiger partial charge in [0.25, 0.3) is 0 Å². The standard InChI is InChI=1S/C10H15N5O2S3/c1-15(2)20(16,17)8-9(11)14-19-10(8)12-4-3-7-5-18-6-13-7/h5-6,12H,3-4H2,1-2H3,(H2,11,14). The number of hydrogen-bond donors (Lipinski definition) is 2. The lowest BCUT2D eigenvalue weighted by Gasteiger charge is -2.12. The summed E-state index contributed by atoms with van der Waals surface area (Å²) in [5.41, 5.74) is 8.41. The molecule has 110 valence electrons. The Morgan fingerprint density at radius 1 is 1.45 bits per heavy atom. The lowest BCUT2D eigenvalue weighted by molar-refractivity contribution is 0.521. The maximum Gasteiger partial charge on any atom is 0.249 e. The molecule has 0 radical (unpaired) electrons. The SMILES string of the molecule is CN(C)S(=O)(=O)c1c(N)nsc1NCCc1cscn1. The van der Waals surface area contributed by atoms with E-state index < -0.39 is 10.0 Å². The van der Waals surface area contributed by atoms with Crippen LogP contribution in [0.1, 0.15) is 5.69 Å². The summed E-state index contributed by atoms with van der Waals surface area (Å²) in [6, 6.07) is 0. The zero-order chi connectivity index (χ0) is 14.8. The first-order valence-electron chi connectivity index (χ1n) is 5.71. The molecule has 2 aromatic heterocycles. The monoisotopic (exact) mass is 333 g/mol. The zero-order valence-electron chi connectivity index (χ0n) is 11.0. The van der Waals surface area contributed by atoms with E-state index >= 15 is 0 Å². The lowest BCUT2D eigenvalue weighted by atomic mass is 10.3. The Morgan fingerprint density at radius 2 is 2.20 bits per heavy atom. The molecule has 0 fully saturated rings. The molecular weight excluding hydrogens is 318 g/mol. The fraction of sp³-hybridized carbons (Fsp3) is 0.400. The summed E-state index contributed by atoms with van der Waals surface area (Å²) in [6.45, 7) is 0.571. The van der Waals surface area contributed by atoms with Crippen LogP contribution in [0.15, 0.2) is 15.8 Å². The number of thiazole rings is 1. The molecule has 2 rings (SSSR count). The molecular formula is C10H15N5O2S3. The molecule has 10 heteroatoms. The van der Waals surface area contributed by atoms with E-state index in [1.807, 2.05) is 5.38 Å². The Kier molecular flexibility index (Phi) is 4.58. The van der Waals surface area contributed by atoms with Crippen LogP contribution in [0.25, 0.3) is 0 Å². The fourth-order valence-corrected chi connectivity index (χ4v) is 4.20. The maximum atomic E-state index is 12.2. The highest BCUT2D eigenvalue weighted by molar-refractivity contribution is 7.89. The largest absolute Gasteiger partial charge is 0.382 e. The van der Waals surface area contributed by atoms with Crippen molar-refractivity contribution in [1.82, 2.24) is 13.7 Å². The molecule has 0 aliphatic heterocycles. The Morgan fingerprint density at radius 3 is 2.80 bits per heavy atom. The summed E-state index contributed by atoms with van der Waals surface area (Å²) < 4.78 is 29.4. The topological polar surface area (TPSA) is 101 Å². The van der Waals surface area contributed by atoms with Crippen molar-refractivity contribution in [2.45, 2.75) is 11.3 Å². The highest BCUT2D eigenvalue weighted by atomic mass is 32.2. The van der Waals surface area contributed by atoms with Crippen LogP contribution in [-0.4, -0.2) is 42.7 Å². The highest BCUT2D eigenvalue weighted by Gasteiger charge is 2.27. The van der Waals surface area contributed by atoms with Gasteiger partial charge in [-0.2, -0.15) is 4.37 Å². The van der Waals surface area contributed by atoms with Gasteiger partial charge in [-0.15, -0.1) is 11.3 Å². The van der Waals surface area contributed by atoms with Crippen molar-refractivity contribution < 1.29 is 8.42 Å². The molecule has 7 nitrogen and oxygen atoms in total. The van der Waals surface area contributed by atoms with Crippen molar-refractivity contribution in [2.24, 2.45) is 0 Å². The summed E-state index contributed by atoms with van der Waals surface area (Å²) in [4.78, 5) is 4.21. The number of nitrogens with zero attached hydrogens (tertiary/aromatic N) is 3. The van der Waals surface area contributed by atoms with Gasteiger partial charge in [0.1, 0.15) is 5.00 Å². The third kappa shape index (κ3) is 3.08.